The highest BCUT2D eigenvalue weighted by molar-refractivity contribution is 7.88. The molecule has 7 nitrogen and oxygen atoms in total. The molecule has 3 rings (SSSR count). The quantitative estimate of drug-likeness (QED) is 0.846. The number of hydrogen-bond acceptors (Lipinski definition) is 5. The highest BCUT2D eigenvalue weighted by Crippen LogP contribution is 2.32. The number of sulfonamides is 1. The van der Waals surface area contributed by atoms with E-state index in [-0.39, 0.29) is 5.92 Å². The van der Waals surface area contributed by atoms with Gasteiger partial charge in [0.25, 0.3) is 0 Å². The maximum Gasteiger partial charge on any atom is 0.211 e. The Morgan fingerprint density at radius 3 is 2.78 bits per heavy atom. The van der Waals surface area contributed by atoms with E-state index in [1.807, 2.05) is 17.7 Å². The van der Waals surface area contributed by atoms with Crippen LogP contribution >= 0.6 is 0 Å². The molecular weight excluding hydrogens is 314 g/mol. The Labute approximate surface area is 136 Å². The smallest absolute Gasteiger partial charge is 0.211 e. The highest BCUT2D eigenvalue weighted by atomic mass is 32.2. The SMILES string of the molecule is CCn1nccc1-c1nccnc1[C@H]1CCCN(S(C)(=O)=O)C1. The van der Waals surface area contributed by atoms with Crippen LogP contribution in [0.15, 0.2) is 24.7 Å². The Balaban J connectivity index is 1.98. The molecule has 8 heteroatoms. The van der Waals surface area contributed by atoms with E-state index >= 15 is 0 Å². The average Bonchev–Trinajstić information content (AvgIpc) is 3.02. The molecule has 0 unspecified atom stereocenters. The first-order valence-corrected chi connectivity index (χ1v) is 9.63. The van der Waals surface area contributed by atoms with Gasteiger partial charge in [0.1, 0.15) is 5.69 Å². The van der Waals surface area contributed by atoms with Gasteiger partial charge in [-0.2, -0.15) is 5.10 Å². The van der Waals surface area contributed by atoms with Crippen molar-refractivity contribution in [2.24, 2.45) is 0 Å². The van der Waals surface area contributed by atoms with E-state index in [1.54, 1.807) is 18.6 Å². The van der Waals surface area contributed by atoms with Crippen LogP contribution in [0.3, 0.4) is 0 Å². The van der Waals surface area contributed by atoms with Crippen LogP contribution in [0.1, 0.15) is 31.4 Å². The predicted molar refractivity (Wildman–Crippen MR) is 87.3 cm³/mol. The van der Waals surface area contributed by atoms with Gasteiger partial charge < -0.3 is 0 Å². The zero-order valence-electron chi connectivity index (χ0n) is 13.4. The molecule has 2 aromatic heterocycles. The van der Waals surface area contributed by atoms with Crippen molar-refractivity contribution in [3.8, 4) is 11.4 Å². The van der Waals surface area contributed by atoms with Crippen LogP contribution in [-0.4, -0.2) is 51.8 Å². The van der Waals surface area contributed by atoms with Crippen molar-refractivity contribution < 1.29 is 8.42 Å². The molecule has 0 saturated carbocycles. The summed E-state index contributed by atoms with van der Waals surface area (Å²) in [6.45, 7) is 3.82. The van der Waals surface area contributed by atoms with Gasteiger partial charge in [-0.05, 0) is 25.8 Å². The summed E-state index contributed by atoms with van der Waals surface area (Å²) in [7, 11) is -3.18. The van der Waals surface area contributed by atoms with Crippen LogP contribution in [0.25, 0.3) is 11.4 Å². The van der Waals surface area contributed by atoms with Gasteiger partial charge in [0, 0.05) is 44.1 Å². The van der Waals surface area contributed by atoms with Crippen LogP contribution < -0.4 is 0 Å². The van der Waals surface area contributed by atoms with Crippen LogP contribution in [0.2, 0.25) is 0 Å². The highest BCUT2D eigenvalue weighted by Gasteiger charge is 2.30. The van der Waals surface area contributed by atoms with Gasteiger partial charge in [-0.25, -0.2) is 12.7 Å². The molecule has 1 aliphatic heterocycles. The van der Waals surface area contributed by atoms with Gasteiger partial charge in [-0.15, -0.1) is 0 Å². The van der Waals surface area contributed by atoms with E-state index in [0.717, 1.165) is 36.5 Å². The molecule has 0 amide bonds. The summed E-state index contributed by atoms with van der Waals surface area (Å²) in [5, 5.41) is 4.29. The zero-order chi connectivity index (χ0) is 16.4. The molecule has 1 saturated heterocycles. The van der Waals surface area contributed by atoms with Crippen molar-refractivity contribution in [3.05, 3.63) is 30.4 Å². The van der Waals surface area contributed by atoms with Crippen LogP contribution in [0.5, 0.6) is 0 Å². The number of hydrogen-bond donors (Lipinski definition) is 0. The van der Waals surface area contributed by atoms with E-state index in [2.05, 4.69) is 15.1 Å². The third-order valence-electron chi connectivity index (χ3n) is 4.23. The molecule has 1 fully saturated rings. The van der Waals surface area contributed by atoms with E-state index < -0.39 is 10.0 Å². The van der Waals surface area contributed by atoms with E-state index in [0.29, 0.717) is 13.1 Å². The maximum atomic E-state index is 11.9. The van der Waals surface area contributed by atoms with Gasteiger partial charge in [0.2, 0.25) is 10.0 Å². The molecule has 3 heterocycles. The number of nitrogens with zero attached hydrogens (tertiary/aromatic N) is 5. The molecule has 0 aliphatic carbocycles. The first-order chi connectivity index (χ1) is 11.0. The Bertz CT molecular complexity index is 787. The van der Waals surface area contributed by atoms with Gasteiger partial charge in [-0.3, -0.25) is 14.6 Å². The van der Waals surface area contributed by atoms with Gasteiger partial charge in [-0.1, -0.05) is 0 Å². The van der Waals surface area contributed by atoms with E-state index in [1.165, 1.54) is 10.6 Å². The lowest BCUT2D eigenvalue weighted by atomic mass is 9.93. The average molecular weight is 335 g/mol. The molecule has 0 spiro atoms. The standard InChI is InChI=1S/C15H21N5O2S/c1-3-20-13(6-7-18-20)15-14(16-8-9-17-15)12-5-4-10-19(11-12)23(2,21)22/h6-9,12H,3-5,10-11H2,1-2H3/t12-/m0/s1. The number of aromatic nitrogens is 4. The normalized spacial score (nSPS) is 19.8. The van der Waals surface area contributed by atoms with Gasteiger partial charge in [0.05, 0.1) is 17.6 Å². The molecule has 1 aliphatic rings. The molecule has 2 aromatic rings. The Kier molecular flexibility index (Phi) is 4.45. The van der Waals surface area contributed by atoms with Crippen molar-refractivity contribution in [3.63, 3.8) is 0 Å². The van der Waals surface area contributed by atoms with Crippen molar-refractivity contribution in [2.75, 3.05) is 19.3 Å². The summed E-state index contributed by atoms with van der Waals surface area (Å²) in [6, 6.07) is 1.92. The summed E-state index contributed by atoms with van der Waals surface area (Å²) in [6.07, 6.45) is 8.10. The minimum atomic E-state index is -3.18. The third kappa shape index (κ3) is 3.28. The summed E-state index contributed by atoms with van der Waals surface area (Å²) >= 11 is 0. The lowest BCUT2D eigenvalue weighted by Crippen LogP contribution is -2.38. The first kappa shape index (κ1) is 16.1. The Morgan fingerprint density at radius 1 is 1.26 bits per heavy atom. The van der Waals surface area contributed by atoms with Crippen molar-refractivity contribution >= 4 is 10.0 Å². The first-order valence-electron chi connectivity index (χ1n) is 7.79. The molecule has 0 radical (unpaired) electrons. The van der Waals surface area contributed by atoms with Crippen molar-refractivity contribution in [1.29, 1.82) is 0 Å². The van der Waals surface area contributed by atoms with Crippen LogP contribution in [-0.2, 0) is 16.6 Å². The molecular formula is C15H21N5O2S. The topological polar surface area (TPSA) is 81.0 Å². The van der Waals surface area contributed by atoms with E-state index in [4.69, 9.17) is 0 Å². The van der Waals surface area contributed by atoms with Crippen LogP contribution in [0, 0.1) is 0 Å². The van der Waals surface area contributed by atoms with Crippen molar-refractivity contribution in [1.82, 2.24) is 24.1 Å². The lowest BCUT2D eigenvalue weighted by Gasteiger charge is -2.31. The lowest BCUT2D eigenvalue weighted by molar-refractivity contribution is 0.314. The summed E-state index contributed by atoms with van der Waals surface area (Å²) in [5.74, 6) is 0.0578. The summed E-state index contributed by atoms with van der Waals surface area (Å²) in [5.41, 5.74) is 2.58. The minimum absolute atomic E-state index is 0.0578. The monoisotopic (exact) mass is 335 g/mol. The Morgan fingerprint density at radius 2 is 2.04 bits per heavy atom. The third-order valence-corrected chi connectivity index (χ3v) is 5.49. The molecule has 124 valence electrons. The minimum Gasteiger partial charge on any atom is -0.264 e. The molecule has 0 bridgehead atoms. The molecule has 0 aromatic carbocycles. The number of aryl methyl sites for hydroxylation is 1. The van der Waals surface area contributed by atoms with Crippen LogP contribution in [0.4, 0.5) is 0 Å². The fourth-order valence-corrected chi connectivity index (χ4v) is 4.01. The van der Waals surface area contributed by atoms with E-state index in [9.17, 15) is 8.42 Å². The largest absolute Gasteiger partial charge is 0.264 e. The van der Waals surface area contributed by atoms with Gasteiger partial charge in [0.15, 0.2) is 0 Å². The molecule has 23 heavy (non-hydrogen) atoms. The maximum absolute atomic E-state index is 11.9. The van der Waals surface area contributed by atoms with Crippen molar-refractivity contribution in [2.45, 2.75) is 32.2 Å². The summed E-state index contributed by atoms with van der Waals surface area (Å²) < 4.78 is 27.1. The second kappa shape index (κ2) is 6.37. The second-order valence-corrected chi connectivity index (χ2v) is 7.76. The second-order valence-electron chi connectivity index (χ2n) is 5.78. The molecule has 1 atom stereocenters. The zero-order valence-corrected chi connectivity index (χ0v) is 14.2. The van der Waals surface area contributed by atoms with Gasteiger partial charge >= 0.3 is 0 Å². The molecule has 0 N–H and O–H groups in total. The Hall–Kier alpha value is -1.80. The fraction of sp³-hybridized carbons (Fsp3) is 0.533. The summed E-state index contributed by atoms with van der Waals surface area (Å²) in [4.78, 5) is 9.03. The number of piperidine rings is 1. The number of rotatable bonds is 4. The fourth-order valence-electron chi connectivity index (χ4n) is 3.10. The predicted octanol–water partition coefficient (Wildman–Crippen LogP) is 1.50.